The number of hydrogen-bond donors (Lipinski definition) is 2. The fraction of sp³-hybridized carbons (Fsp3) is 0.737. The molecule has 2 atom stereocenters. The molecule has 4 nitrogen and oxygen atoms in total. The molecule has 2 N–H and O–H groups in total. The molecule has 238 valence electrons. The number of pyridine rings is 2. The molecule has 0 bridgehead atoms. The van der Waals surface area contributed by atoms with Gasteiger partial charge in [-0.3, -0.25) is 9.97 Å². The Labute approximate surface area is 259 Å². The predicted octanol–water partition coefficient (Wildman–Crippen LogP) is 10.5. The fourth-order valence-corrected chi connectivity index (χ4v) is 7.11. The molecule has 2 unspecified atom stereocenters. The molecule has 2 aromatic heterocycles. The van der Waals surface area contributed by atoms with Crippen LogP contribution in [0, 0.1) is 0 Å². The molecule has 42 heavy (non-hydrogen) atoms. The van der Waals surface area contributed by atoms with Gasteiger partial charge in [-0.2, -0.15) is 0 Å². The predicted molar refractivity (Wildman–Crippen MR) is 180 cm³/mol. The van der Waals surface area contributed by atoms with Crippen molar-refractivity contribution in [3.8, 4) is 11.4 Å². The van der Waals surface area contributed by atoms with Crippen molar-refractivity contribution in [1.82, 2.24) is 9.97 Å². The number of hydrogen-bond acceptors (Lipinski definition) is 4. The highest BCUT2D eigenvalue weighted by Crippen LogP contribution is 2.39. The van der Waals surface area contributed by atoms with Gasteiger partial charge >= 0.3 is 0 Å². The topological polar surface area (TPSA) is 66.2 Å². The minimum Gasteiger partial charge on any atom is -0.392 e. The molecule has 2 heterocycles. The van der Waals surface area contributed by atoms with Gasteiger partial charge in [0.2, 0.25) is 0 Å². The molecule has 0 saturated carbocycles. The maximum atomic E-state index is 11.3. The lowest BCUT2D eigenvalue weighted by Gasteiger charge is -2.37. The van der Waals surface area contributed by atoms with Crippen LogP contribution in [0.25, 0.3) is 11.4 Å². The third-order valence-corrected chi connectivity index (χ3v) is 10.4. The molecule has 2 aromatic rings. The average molecular weight is 581 g/mol. The number of aliphatic hydroxyl groups excluding tert-OH is 2. The normalized spacial score (nSPS) is 13.8. The molecule has 0 aliphatic heterocycles. The van der Waals surface area contributed by atoms with Gasteiger partial charge in [0, 0.05) is 23.2 Å². The van der Waals surface area contributed by atoms with E-state index in [2.05, 4.69) is 65.8 Å². The summed E-state index contributed by atoms with van der Waals surface area (Å²) in [6, 6.07) is 8.44. The van der Waals surface area contributed by atoms with Crippen LogP contribution in [0.15, 0.2) is 36.7 Å². The van der Waals surface area contributed by atoms with Crippen LogP contribution < -0.4 is 0 Å². The maximum Gasteiger partial charge on any atom is 0.0886 e. The minimum atomic E-state index is -0.359. The molecule has 0 fully saturated rings. The van der Waals surface area contributed by atoms with Crippen LogP contribution in [-0.4, -0.2) is 32.4 Å². The summed E-state index contributed by atoms with van der Waals surface area (Å²) in [4.78, 5) is 9.68. The third kappa shape index (κ3) is 9.61. The first-order chi connectivity index (χ1) is 20.4. The van der Waals surface area contributed by atoms with Crippen LogP contribution in [0.3, 0.4) is 0 Å². The van der Waals surface area contributed by atoms with Crippen LogP contribution in [-0.2, 0) is 10.8 Å². The Balaban J connectivity index is 2.11. The Morgan fingerprint density at radius 3 is 1.12 bits per heavy atom. The van der Waals surface area contributed by atoms with Crippen molar-refractivity contribution >= 4 is 0 Å². The fourth-order valence-electron chi connectivity index (χ4n) is 7.11. The van der Waals surface area contributed by atoms with E-state index >= 15 is 0 Å². The van der Waals surface area contributed by atoms with Gasteiger partial charge in [-0.05, 0) is 61.8 Å². The first-order valence-corrected chi connectivity index (χ1v) is 17.7. The van der Waals surface area contributed by atoms with Gasteiger partial charge in [-0.25, -0.2) is 0 Å². The highest BCUT2D eigenvalue weighted by Gasteiger charge is 2.37. The number of unbranched alkanes of at least 4 members (excludes halogenated alkanes) is 10. The zero-order valence-electron chi connectivity index (χ0n) is 28.1. The van der Waals surface area contributed by atoms with Crippen molar-refractivity contribution in [3.05, 3.63) is 47.8 Å². The number of rotatable bonds is 23. The summed E-state index contributed by atoms with van der Waals surface area (Å²) in [7, 11) is 0. The lowest BCUT2D eigenvalue weighted by molar-refractivity contribution is 0.0627. The molecule has 0 spiro atoms. The third-order valence-electron chi connectivity index (χ3n) is 10.4. The zero-order valence-corrected chi connectivity index (χ0v) is 28.1. The van der Waals surface area contributed by atoms with Gasteiger partial charge in [0.05, 0.1) is 23.6 Å². The molecule has 0 aliphatic rings. The zero-order chi connectivity index (χ0) is 30.8. The minimum absolute atomic E-state index is 0.264. The van der Waals surface area contributed by atoms with E-state index < -0.39 is 0 Å². The van der Waals surface area contributed by atoms with E-state index in [9.17, 15) is 10.2 Å². The van der Waals surface area contributed by atoms with Crippen molar-refractivity contribution in [2.45, 2.75) is 180 Å². The standard InChI is InChI=1S/C38H64N2O2/c1-7-13-15-17-19-21-23-35(41)37(9-3,10-4)31-25-27-33(39-29-31)34-28-26-32(30-40-34)38(11-5,12-6)36(42)24-22-20-18-16-14-8-2/h25-30,35-36,41-42H,7-24H2,1-6H3. The molecule has 2 rings (SSSR count). The van der Waals surface area contributed by atoms with Crippen LogP contribution >= 0.6 is 0 Å². The first-order valence-electron chi connectivity index (χ1n) is 17.7. The second-order valence-corrected chi connectivity index (χ2v) is 12.7. The van der Waals surface area contributed by atoms with Crippen molar-refractivity contribution in [2.24, 2.45) is 0 Å². The van der Waals surface area contributed by atoms with Gasteiger partial charge in [-0.15, -0.1) is 0 Å². The van der Waals surface area contributed by atoms with Gasteiger partial charge in [0.15, 0.2) is 0 Å². The summed E-state index contributed by atoms with van der Waals surface area (Å²) in [5.74, 6) is 0. The maximum absolute atomic E-state index is 11.3. The molecule has 4 heteroatoms. The van der Waals surface area contributed by atoms with E-state index in [4.69, 9.17) is 9.97 Å². The van der Waals surface area contributed by atoms with Crippen molar-refractivity contribution < 1.29 is 10.2 Å². The van der Waals surface area contributed by atoms with Crippen molar-refractivity contribution in [3.63, 3.8) is 0 Å². The van der Waals surface area contributed by atoms with Crippen molar-refractivity contribution in [1.29, 1.82) is 0 Å². The van der Waals surface area contributed by atoms with Gasteiger partial charge in [0.1, 0.15) is 0 Å². The largest absolute Gasteiger partial charge is 0.392 e. The van der Waals surface area contributed by atoms with E-state index in [1.165, 1.54) is 64.2 Å². The molecular weight excluding hydrogens is 516 g/mol. The summed E-state index contributed by atoms with van der Waals surface area (Å²) in [5.41, 5.74) is 3.42. The van der Waals surface area contributed by atoms with E-state index in [1.807, 2.05) is 12.4 Å². The monoisotopic (exact) mass is 580 g/mol. The Morgan fingerprint density at radius 1 is 0.500 bits per heavy atom. The Bertz CT molecular complexity index is 869. The molecular formula is C38H64N2O2. The van der Waals surface area contributed by atoms with Gasteiger partial charge < -0.3 is 10.2 Å². The lowest BCUT2D eigenvalue weighted by atomic mass is 9.70. The summed E-state index contributed by atoms with van der Waals surface area (Å²) in [6.45, 7) is 13.3. The summed E-state index contributed by atoms with van der Waals surface area (Å²) in [6.07, 6.45) is 23.3. The number of nitrogens with zero attached hydrogens (tertiary/aromatic N) is 2. The average Bonchev–Trinajstić information content (AvgIpc) is 3.03. The van der Waals surface area contributed by atoms with Crippen LogP contribution in [0.2, 0.25) is 0 Å². The molecule has 0 aliphatic carbocycles. The number of aliphatic hydroxyl groups is 2. The molecule has 0 aromatic carbocycles. The second kappa shape index (κ2) is 19.5. The Morgan fingerprint density at radius 2 is 0.833 bits per heavy atom. The van der Waals surface area contributed by atoms with Crippen molar-refractivity contribution in [2.75, 3.05) is 0 Å². The second-order valence-electron chi connectivity index (χ2n) is 12.7. The summed E-state index contributed by atoms with van der Waals surface area (Å²) in [5, 5.41) is 22.7. The first kappa shape index (κ1) is 36.4. The summed E-state index contributed by atoms with van der Waals surface area (Å²) < 4.78 is 0. The molecule has 0 saturated heterocycles. The van der Waals surface area contributed by atoms with E-state index in [0.717, 1.165) is 73.9 Å². The lowest BCUT2D eigenvalue weighted by Crippen LogP contribution is -2.39. The highest BCUT2D eigenvalue weighted by atomic mass is 16.3. The number of aromatic nitrogens is 2. The quantitative estimate of drug-likeness (QED) is 0.128. The van der Waals surface area contributed by atoms with Crippen LogP contribution in [0.5, 0.6) is 0 Å². The van der Waals surface area contributed by atoms with Gasteiger partial charge in [-0.1, -0.05) is 131 Å². The molecule has 0 radical (unpaired) electrons. The van der Waals surface area contributed by atoms with E-state index in [-0.39, 0.29) is 23.0 Å². The smallest absolute Gasteiger partial charge is 0.0886 e. The Kier molecular flexibility index (Phi) is 16.9. The molecule has 0 amide bonds. The summed E-state index contributed by atoms with van der Waals surface area (Å²) >= 11 is 0. The van der Waals surface area contributed by atoms with E-state index in [1.54, 1.807) is 0 Å². The van der Waals surface area contributed by atoms with Crippen LogP contribution in [0.1, 0.15) is 168 Å². The van der Waals surface area contributed by atoms with E-state index in [0.29, 0.717) is 0 Å². The van der Waals surface area contributed by atoms with Gasteiger partial charge in [0.25, 0.3) is 0 Å². The Hall–Kier alpha value is -1.78. The highest BCUT2D eigenvalue weighted by molar-refractivity contribution is 5.55. The SMILES string of the molecule is CCCCCCCCC(O)C(CC)(CC)c1ccc(-c2ccc(C(CC)(CC)C(O)CCCCCCCC)cn2)nc1. The van der Waals surface area contributed by atoms with Crippen LogP contribution in [0.4, 0.5) is 0 Å².